The molecule has 0 aromatic heterocycles. The van der Waals surface area contributed by atoms with Gasteiger partial charge < -0.3 is 5.73 Å². The molecule has 0 spiro atoms. The van der Waals surface area contributed by atoms with Crippen LogP contribution in [0.5, 0.6) is 0 Å². The zero-order chi connectivity index (χ0) is 15.1. The molecule has 1 heterocycles. The number of hydrogen-bond acceptors (Lipinski definition) is 3. The van der Waals surface area contributed by atoms with E-state index in [1.165, 1.54) is 0 Å². The second-order valence-corrected chi connectivity index (χ2v) is 7.00. The first-order valence-electron chi connectivity index (χ1n) is 6.12. The van der Waals surface area contributed by atoms with E-state index in [0.29, 0.717) is 12.5 Å². The van der Waals surface area contributed by atoms with Gasteiger partial charge in [0.05, 0.1) is 0 Å². The molecule has 2 atom stereocenters. The largest absolute Gasteiger partial charge is 0.326 e. The van der Waals surface area contributed by atoms with Crippen molar-refractivity contribution in [2.45, 2.75) is 24.3 Å². The van der Waals surface area contributed by atoms with E-state index < -0.39 is 32.4 Å². The molecular weight excluding hydrogens is 293 g/mol. The van der Waals surface area contributed by atoms with E-state index in [1.54, 1.807) is 0 Å². The van der Waals surface area contributed by atoms with Crippen LogP contribution in [-0.2, 0) is 10.0 Å². The lowest BCUT2D eigenvalue weighted by atomic mass is 9.99. The Morgan fingerprint density at radius 2 is 1.85 bits per heavy atom. The number of piperidine rings is 1. The molecule has 1 aromatic rings. The van der Waals surface area contributed by atoms with Crippen LogP contribution < -0.4 is 5.73 Å². The molecule has 1 saturated heterocycles. The Kier molecular flexibility index (Phi) is 4.08. The van der Waals surface area contributed by atoms with Crippen molar-refractivity contribution in [3.05, 3.63) is 29.6 Å². The van der Waals surface area contributed by atoms with Crippen LogP contribution in [0, 0.1) is 23.4 Å². The van der Waals surface area contributed by atoms with E-state index in [1.807, 2.05) is 6.92 Å². The van der Waals surface area contributed by atoms with Gasteiger partial charge in [0.15, 0.2) is 17.5 Å². The summed E-state index contributed by atoms with van der Waals surface area (Å²) in [5, 5.41) is 0. The predicted molar refractivity (Wildman–Crippen MR) is 66.8 cm³/mol. The molecule has 0 amide bonds. The van der Waals surface area contributed by atoms with Crippen molar-refractivity contribution in [3.8, 4) is 0 Å². The fourth-order valence-corrected chi connectivity index (χ4v) is 4.07. The minimum absolute atomic E-state index is 0.0156. The van der Waals surface area contributed by atoms with Crippen molar-refractivity contribution in [2.24, 2.45) is 11.7 Å². The lowest BCUT2D eigenvalue weighted by molar-refractivity contribution is 0.253. The van der Waals surface area contributed by atoms with Crippen LogP contribution in [0.1, 0.15) is 13.3 Å². The molecular formula is C12H15F3N2O2S. The minimum Gasteiger partial charge on any atom is -0.326 e. The Labute approximate surface area is 115 Å². The van der Waals surface area contributed by atoms with Gasteiger partial charge in [0.25, 0.3) is 0 Å². The van der Waals surface area contributed by atoms with Crippen molar-refractivity contribution in [1.29, 1.82) is 0 Å². The Hall–Kier alpha value is -1.12. The summed E-state index contributed by atoms with van der Waals surface area (Å²) in [7, 11) is -4.23. The molecule has 1 aliphatic rings. The zero-order valence-corrected chi connectivity index (χ0v) is 11.6. The minimum atomic E-state index is -4.23. The van der Waals surface area contributed by atoms with Crippen LogP contribution in [-0.4, -0.2) is 31.9 Å². The van der Waals surface area contributed by atoms with Crippen LogP contribution in [0.15, 0.2) is 17.0 Å². The molecule has 20 heavy (non-hydrogen) atoms. The molecule has 1 aliphatic heterocycles. The second kappa shape index (κ2) is 5.34. The normalized spacial score (nSPS) is 24.9. The Bertz CT molecular complexity index is 611. The summed E-state index contributed by atoms with van der Waals surface area (Å²) in [6, 6.07) is 0.967. The van der Waals surface area contributed by atoms with E-state index in [9.17, 15) is 21.6 Å². The van der Waals surface area contributed by atoms with Gasteiger partial charge >= 0.3 is 0 Å². The monoisotopic (exact) mass is 308 g/mol. The number of hydrogen-bond donors (Lipinski definition) is 1. The van der Waals surface area contributed by atoms with Gasteiger partial charge in [-0.15, -0.1) is 0 Å². The first-order chi connectivity index (χ1) is 9.23. The van der Waals surface area contributed by atoms with Gasteiger partial charge in [-0.3, -0.25) is 0 Å². The summed E-state index contributed by atoms with van der Waals surface area (Å²) < 4.78 is 65.3. The number of nitrogens with zero attached hydrogens (tertiary/aromatic N) is 1. The van der Waals surface area contributed by atoms with Crippen LogP contribution in [0.4, 0.5) is 13.2 Å². The molecule has 0 bridgehead atoms. The van der Waals surface area contributed by atoms with Gasteiger partial charge in [-0.1, -0.05) is 6.92 Å². The molecule has 1 aromatic carbocycles. The summed E-state index contributed by atoms with van der Waals surface area (Å²) in [5.41, 5.74) is 5.75. The summed E-state index contributed by atoms with van der Waals surface area (Å²) in [5.74, 6) is -4.90. The van der Waals surface area contributed by atoms with Gasteiger partial charge in [0.1, 0.15) is 4.90 Å². The molecule has 112 valence electrons. The summed E-state index contributed by atoms with van der Waals surface area (Å²) in [6.45, 7) is 2.03. The standard InChI is InChI=1S/C12H15F3N2O2S/c1-7-4-8(16)6-17(5-7)20(18,19)10-3-2-9(13)11(14)12(10)15/h2-3,7-8H,4-6,16H2,1H3. The summed E-state index contributed by atoms with van der Waals surface area (Å²) >= 11 is 0. The first-order valence-corrected chi connectivity index (χ1v) is 7.56. The lowest BCUT2D eigenvalue weighted by Crippen LogP contribution is -2.48. The van der Waals surface area contributed by atoms with Gasteiger partial charge in [-0.05, 0) is 24.5 Å². The maximum absolute atomic E-state index is 13.7. The number of benzene rings is 1. The number of nitrogens with two attached hydrogens (primary N) is 1. The summed E-state index contributed by atoms with van der Waals surface area (Å²) in [4.78, 5) is -0.863. The first kappa shape index (κ1) is 15.3. The fourth-order valence-electron chi connectivity index (χ4n) is 2.39. The third-order valence-corrected chi connectivity index (χ3v) is 5.13. The van der Waals surface area contributed by atoms with Crippen LogP contribution >= 0.6 is 0 Å². The molecule has 1 fully saturated rings. The zero-order valence-electron chi connectivity index (χ0n) is 10.8. The topological polar surface area (TPSA) is 63.4 Å². The maximum Gasteiger partial charge on any atom is 0.246 e. The highest BCUT2D eigenvalue weighted by molar-refractivity contribution is 7.89. The van der Waals surface area contributed by atoms with Gasteiger partial charge in [0.2, 0.25) is 10.0 Å². The highest BCUT2D eigenvalue weighted by atomic mass is 32.2. The molecule has 2 N–H and O–H groups in total. The average Bonchev–Trinajstić information content (AvgIpc) is 2.34. The van der Waals surface area contributed by atoms with E-state index in [2.05, 4.69) is 0 Å². The highest BCUT2D eigenvalue weighted by Crippen LogP contribution is 2.26. The van der Waals surface area contributed by atoms with E-state index >= 15 is 0 Å². The fraction of sp³-hybridized carbons (Fsp3) is 0.500. The second-order valence-electron chi connectivity index (χ2n) is 5.10. The van der Waals surface area contributed by atoms with Crippen LogP contribution in [0.3, 0.4) is 0 Å². The quantitative estimate of drug-likeness (QED) is 0.841. The number of sulfonamides is 1. The van der Waals surface area contributed by atoms with Crippen molar-refractivity contribution in [3.63, 3.8) is 0 Å². The summed E-state index contributed by atoms with van der Waals surface area (Å²) in [6.07, 6.45) is 0.659. The van der Waals surface area contributed by atoms with Gasteiger partial charge in [-0.2, -0.15) is 4.31 Å². The third-order valence-electron chi connectivity index (χ3n) is 3.28. The van der Waals surface area contributed by atoms with Crippen LogP contribution in [0.25, 0.3) is 0 Å². The predicted octanol–water partition coefficient (Wildman–Crippen LogP) is 1.46. The number of halogens is 3. The van der Waals surface area contributed by atoms with E-state index in [-0.39, 0.29) is 25.0 Å². The molecule has 0 aliphatic carbocycles. The SMILES string of the molecule is CC1CC(N)CN(S(=O)(=O)c2ccc(F)c(F)c2F)C1. The van der Waals surface area contributed by atoms with Crippen molar-refractivity contribution in [2.75, 3.05) is 13.1 Å². The van der Waals surface area contributed by atoms with E-state index in [4.69, 9.17) is 5.73 Å². The molecule has 8 heteroatoms. The van der Waals surface area contributed by atoms with Gasteiger partial charge in [-0.25, -0.2) is 21.6 Å². The third kappa shape index (κ3) is 2.68. The van der Waals surface area contributed by atoms with Gasteiger partial charge in [0, 0.05) is 19.1 Å². The molecule has 0 saturated carbocycles. The Balaban J connectivity index is 2.43. The Morgan fingerprint density at radius 1 is 1.20 bits per heavy atom. The molecule has 2 unspecified atom stereocenters. The molecule has 4 nitrogen and oxygen atoms in total. The lowest BCUT2D eigenvalue weighted by Gasteiger charge is -2.33. The smallest absolute Gasteiger partial charge is 0.246 e. The number of rotatable bonds is 2. The maximum atomic E-state index is 13.7. The van der Waals surface area contributed by atoms with Crippen LogP contribution in [0.2, 0.25) is 0 Å². The molecule has 2 rings (SSSR count). The van der Waals surface area contributed by atoms with E-state index in [0.717, 1.165) is 10.4 Å². The average molecular weight is 308 g/mol. The Morgan fingerprint density at radius 3 is 2.45 bits per heavy atom. The molecule has 0 radical (unpaired) electrons. The van der Waals surface area contributed by atoms with Crippen molar-refractivity contribution >= 4 is 10.0 Å². The van der Waals surface area contributed by atoms with Crippen molar-refractivity contribution in [1.82, 2.24) is 4.31 Å². The van der Waals surface area contributed by atoms with Crippen molar-refractivity contribution < 1.29 is 21.6 Å². The highest BCUT2D eigenvalue weighted by Gasteiger charge is 2.34.